The quantitative estimate of drug-likeness (QED) is 0.176. The van der Waals surface area contributed by atoms with Crippen LogP contribution in [0.25, 0.3) is 0 Å². The van der Waals surface area contributed by atoms with Crippen LogP contribution in [0, 0.1) is 6.92 Å². The molecule has 0 aromatic heterocycles. The van der Waals surface area contributed by atoms with Gasteiger partial charge in [0.1, 0.15) is 0 Å². The van der Waals surface area contributed by atoms with E-state index in [1.807, 2.05) is 37.3 Å². The molecule has 0 bridgehead atoms. The summed E-state index contributed by atoms with van der Waals surface area (Å²) < 4.78 is 0. The van der Waals surface area contributed by atoms with Crippen LogP contribution in [0.4, 0.5) is 27.5 Å². The van der Waals surface area contributed by atoms with Gasteiger partial charge in [-0.1, -0.05) is 48.5 Å². The number of aromatic carboxylic acids is 1. The first-order valence-corrected chi connectivity index (χ1v) is 12.5. The smallest absolute Gasteiger partial charge is 0.335 e. The van der Waals surface area contributed by atoms with E-state index in [0.717, 1.165) is 5.56 Å². The molecule has 0 saturated heterocycles. The van der Waals surface area contributed by atoms with Crippen LogP contribution in [0.5, 0.6) is 0 Å². The highest BCUT2D eigenvalue weighted by molar-refractivity contribution is 6.02. The summed E-state index contributed by atoms with van der Waals surface area (Å²) in [6.45, 7) is 1.90. The Morgan fingerprint density at radius 3 is 1.82 bits per heavy atom. The number of anilines is 4. The second kappa shape index (κ2) is 12.9. The van der Waals surface area contributed by atoms with Gasteiger partial charge in [-0.25, -0.2) is 9.59 Å². The first kappa shape index (κ1) is 27.6. The summed E-state index contributed by atoms with van der Waals surface area (Å²) in [5.41, 5.74) is 3.88. The first-order valence-electron chi connectivity index (χ1n) is 12.5. The number of aryl methyl sites for hydroxylation is 1. The minimum Gasteiger partial charge on any atom is -0.478 e. The Bertz CT molecular complexity index is 1500. The topological polar surface area (TPSA) is 137 Å². The molecule has 0 aliphatic carbocycles. The van der Waals surface area contributed by atoms with Crippen LogP contribution in [-0.2, 0) is 9.59 Å². The van der Waals surface area contributed by atoms with Crippen molar-refractivity contribution in [3.63, 3.8) is 0 Å². The Morgan fingerprint density at radius 2 is 1.20 bits per heavy atom. The van der Waals surface area contributed by atoms with Crippen molar-refractivity contribution < 1.29 is 24.3 Å². The molecule has 202 valence electrons. The van der Waals surface area contributed by atoms with Crippen LogP contribution in [0.2, 0.25) is 0 Å². The fraction of sp³-hybridized carbons (Fsp3) is 0.0968. The predicted octanol–water partition coefficient (Wildman–Crippen LogP) is 6.09. The third-order valence-electron chi connectivity index (χ3n) is 6.13. The highest BCUT2D eigenvalue weighted by Crippen LogP contribution is 2.24. The van der Waals surface area contributed by atoms with Gasteiger partial charge in [-0.3, -0.25) is 9.59 Å². The van der Waals surface area contributed by atoms with Gasteiger partial charge in [0.25, 0.3) is 0 Å². The van der Waals surface area contributed by atoms with Gasteiger partial charge < -0.3 is 26.4 Å². The Kier molecular flexibility index (Phi) is 8.88. The molecule has 0 heterocycles. The standard InChI is InChI=1S/C31H28N4O5/c1-20-7-5-6-10-27(20)35-31(40)34-25-17-15-23(16-18-25)32-28(36)19-26(21-8-3-2-4-9-21)29(37)33-24-13-11-22(12-14-24)30(38)39/h2-18,26H,19H2,1H3,(H,32,36)(H,33,37)(H,38,39)(H2,34,35,40). The lowest BCUT2D eigenvalue weighted by molar-refractivity contribution is -0.122. The molecule has 4 rings (SSSR count). The molecule has 0 radical (unpaired) electrons. The molecule has 9 nitrogen and oxygen atoms in total. The van der Waals surface area contributed by atoms with Crippen LogP contribution in [0.1, 0.15) is 33.8 Å². The minimum absolute atomic E-state index is 0.102. The van der Waals surface area contributed by atoms with Gasteiger partial charge >= 0.3 is 12.0 Å². The number of hydrogen-bond donors (Lipinski definition) is 5. The summed E-state index contributed by atoms with van der Waals surface area (Å²) in [6.07, 6.45) is -0.123. The molecule has 0 fully saturated rings. The highest BCUT2D eigenvalue weighted by Gasteiger charge is 2.24. The molecule has 1 unspecified atom stereocenters. The number of carbonyl (C=O) groups excluding carboxylic acids is 3. The van der Waals surface area contributed by atoms with Crippen LogP contribution in [-0.4, -0.2) is 28.9 Å². The lowest BCUT2D eigenvalue weighted by Crippen LogP contribution is -2.26. The molecule has 4 aromatic rings. The van der Waals surface area contributed by atoms with Crippen molar-refractivity contribution in [3.05, 3.63) is 120 Å². The normalized spacial score (nSPS) is 11.1. The van der Waals surface area contributed by atoms with Gasteiger partial charge in [0, 0.05) is 29.2 Å². The lowest BCUT2D eigenvalue weighted by Gasteiger charge is -2.17. The molecule has 4 amide bonds. The van der Waals surface area contributed by atoms with Crippen molar-refractivity contribution in [2.24, 2.45) is 0 Å². The molecule has 5 N–H and O–H groups in total. The maximum Gasteiger partial charge on any atom is 0.335 e. The predicted molar refractivity (Wildman–Crippen MR) is 155 cm³/mol. The zero-order valence-electron chi connectivity index (χ0n) is 21.7. The van der Waals surface area contributed by atoms with E-state index in [4.69, 9.17) is 5.11 Å². The van der Waals surface area contributed by atoms with Gasteiger partial charge in [0.05, 0.1) is 11.5 Å². The average Bonchev–Trinajstić information content (AvgIpc) is 2.95. The van der Waals surface area contributed by atoms with Crippen molar-refractivity contribution in [1.29, 1.82) is 0 Å². The van der Waals surface area contributed by atoms with E-state index in [-0.39, 0.29) is 23.9 Å². The van der Waals surface area contributed by atoms with Gasteiger partial charge in [-0.2, -0.15) is 0 Å². The number of carboxylic acid groups (broad SMARTS) is 1. The van der Waals surface area contributed by atoms with E-state index in [1.54, 1.807) is 48.5 Å². The number of amides is 4. The second-order valence-electron chi connectivity index (χ2n) is 9.06. The summed E-state index contributed by atoms with van der Waals surface area (Å²) in [4.78, 5) is 49.5. The van der Waals surface area contributed by atoms with Crippen LogP contribution in [0.3, 0.4) is 0 Å². The highest BCUT2D eigenvalue weighted by atomic mass is 16.4. The van der Waals surface area contributed by atoms with Gasteiger partial charge in [-0.15, -0.1) is 0 Å². The average molecular weight is 537 g/mol. The third-order valence-corrected chi connectivity index (χ3v) is 6.13. The fourth-order valence-electron chi connectivity index (χ4n) is 4.00. The number of carboxylic acids is 1. The number of para-hydroxylation sites is 1. The van der Waals surface area contributed by atoms with E-state index >= 15 is 0 Å². The van der Waals surface area contributed by atoms with Crippen molar-refractivity contribution >= 4 is 46.6 Å². The molecule has 0 aliphatic heterocycles. The zero-order valence-corrected chi connectivity index (χ0v) is 21.7. The zero-order chi connectivity index (χ0) is 28.5. The number of hydrogen-bond acceptors (Lipinski definition) is 4. The van der Waals surface area contributed by atoms with E-state index in [9.17, 15) is 19.2 Å². The van der Waals surface area contributed by atoms with Crippen LogP contribution < -0.4 is 21.3 Å². The van der Waals surface area contributed by atoms with Crippen LogP contribution >= 0.6 is 0 Å². The Hall–Kier alpha value is -5.44. The second-order valence-corrected chi connectivity index (χ2v) is 9.06. The third kappa shape index (κ3) is 7.55. The number of carbonyl (C=O) groups is 4. The maximum absolute atomic E-state index is 13.2. The Morgan fingerprint density at radius 1 is 0.650 bits per heavy atom. The molecular weight excluding hydrogens is 508 g/mol. The number of rotatable bonds is 9. The monoisotopic (exact) mass is 536 g/mol. The molecule has 0 saturated carbocycles. The fourth-order valence-corrected chi connectivity index (χ4v) is 4.00. The number of urea groups is 1. The van der Waals surface area contributed by atoms with E-state index in [1.165, 1.54) is 24.3 Å². The van der Waals surface area contributed by atoms with E-state index < -0.39 is 17.8 Å². The SMILES string of the molecule is Cc1ccccc1NC(=O)Nc1ccc(NC(=O)CC(C(=O)Nc2ccc(C(=O)O)cc2)c2ccccc2)cc1. The first-order chi connectivity index (χ1) is 19.3. The van der Waals surface area contributed by atoms with Gasteiger partial charge in [-0.05, 0) is 72.6 Å². The largest absolute Gasteiger partial charge is 0.478 e. The van der Waals surface area contributed by atoms with Crippen LogP contribution in [0.15, 0.2) is 103 Å². The summed E-state index contributed by atoms with van der Waals surface area (Å²) >= 11 is 0. The molecule has 0 spiro atoms. The molecule has 0 aliphatic rings. The maximum atomic E-state index is 13.2. The Balaban J connectivity index is 1.37. The van der Waals surface area contributed by atoms with Gasteiger partial charge in [0.15, 0.2) is 0 Å². The summed E-state index contributed by atoms with van der Waals surface area (Å²) in [5.74, 6) is -2.62. The van der Waals surface area contributed by atoms with E-state index in [0.29, 0.717) is 28.3 Å². The Labute approximate surface area is 231 Å². The van der Waals surface area contributed by atoms with E-state index in [2.05, 4.69) is 21.3 Å². The molecule has 40 heavy (non-hydrogen) atoms. The molecule has 4 aromatic carbocycles. The summed E-state index contributed by atoms with van der Waals surface area (Å²) in [7, 11) is 0. The minimum atomic E-state index is -1.06. The molecule has 1 atom stereocenters. The van der Waals surface area contributed by atoms with Gasteiger partial charge in [0.2, 0.25) is 11.8 Å². The summed E-state index contributed by atoms with van der Waals surface area (Å²) in [6, 6.07) is 28.4. The summed E-state index contributed by atoms with van der Waals surface area (Å²) in [5, 5.41) is 20.2. The van der Waals surface area contributed by atoms with Crippen molar-refractivity contribution in [2.75, 3.05) is 21.3 Å². The van der Waals surface area contributed by atoms with Crippen molar-refractivity contribution in [1.82, 2.24) is 0 Å². The number of nitrogens with one attached hydrogen (secondary N) is 4. The molecular formula is C31H28N4O5. The lowest BCUT2D eigenvalue weighted by atomic mass is 9.94. The molecule has 9 heteroatoms. The van der Waals surface area contributed by atoms with Crippen molar-refractivity contribution in [3.8, 4) is 0 Å². The van der Waals surface area contributed by atoms with Crippen molar-refractivity contribution in [2.45, 2.75) is 19.3 Å². The number of benzene rings is 4.